The average molecular weight is 357 g/mol. The molecule has 116 valence electrons. The second-order valence-electron chi connectivity index (χ2n) is 4.84. The first kappa shape index (κ1) is 17.5. The number of carboxylic acid groups (broad SMARTS) is 1. The molecule has 1 aromatic carbocycles. The molecule has 6 heteroatoms. The summed E-state index contributed by atoms with van der Waals surface area (Å²) >= 11 is 3.51. The number of hydrogen-bond acceptors (Lipinski definition) is 2. The summed E-state index contributed by atoms with van der Waals surface area (Å²) in [4.78, 5) is 24.1. The number of amides is 2. The number of hydrogen-bond donors (Lipinski definition) is 2. The van der Waals surface area contributed by atoms with Gasteiger partial charge in [-0.1, -0.05) is 41.1 Å². The van der Waals surface area contributed by atoms with Gasteiger partial charge in [-0.15, -0.1) is 0 Å². The van der Waals surface area contributed by atoms with Crippen LogP contribution in [-0.2, 0) is 11.2 Å². The fourth-order valence-corrected chi connectivity index (χ4v) is 2.49. The number of urea groups is 1. The molecule has 1 unspecified atom stereocenters. The van der Waals surface area contributed by atoms with Crippen molar-refractivity contribution in [2.75, 3.05) is 13.6 Å². The molecule has 0 radical (unpaired) electrons. The Morgan fingerprint density at radius 1 is 1.38 bits per heavy atom. The van der Waals surface area contributed by atoms with Crippen molar-refractivity contribution in [1.82, 2.24) is 10.2 Å². The summed E-state index contributed by atoms with van der Waals surface area (Å²) in [5.74, 6) is -0.918. The summed E-state index contributed by atoms with van der Waals surface area (Å²) in [6, 6.07) is 7.76. The molecule has 5 nitrogen and oxygen atoms in total. The van der Waals surface area contributed by atoms with Crippen LogP contribution in [0.25, 0.3) is 0 Å². The number of carboxylic acids is 1. The Balaban J connectivity index is 2.60. The van der Waals surface area contributed by atoms with E-state index in [4.69, 9.17) is 5.11 Å². The van der Waals surface area contributed by atoms with Gasteiger partial charge in [-0.2, -0.15) is 0 Å². The topological polar surface area (TPSA) is 69.6 Å². The SMILES string of the molecule is CCC(Cc1ccccc1Br)N(C)C(=O)NCCC(=O)O. The Labute approximate surface area is 133 Å². The molecular weight excluding hydrogens is 336 g/mol. The lowest BCUT2D eigenvalue weighted by atomic mass is 10.0. The lowest BCUT2D eigenvalue weighted by Gasteiger charge is -2.28. The molecule has 0 spiro atoms. The van der Waals surface area contributed by atoms with Crippen molar-refractivity contribution in [3.63, 3.8) is 0 Å². The monoisotopic (exact) mass is 356 g/mol. The van der Waals surface area contributed by atoms with Crippen molar-refractivity contribution in [1.29, 1.82) is 0 Å². The first-order valence-electron chi connectivity index (χ1n) is 6.91. The van der Waals surface area contributed by atoms with Gasteiger partial charge in [-0.3, -0.25) is 4.79 Å². The van der Waals surface area contributed by atoms with Crippen molar-refractivity contribution < 1.29 is 14.7 Å². The van der Waals surface area contributed by atoms with Crippen molar-refractivity contribution in [2.45, 2.75) is 32.2 Å². The quantitative estimate of drug-likeness (QED) is 0.788. The van der Waals surface area contributed by atoms with Gasteiger partial charge in [0, 0.05) is 24.1 Å². The van der Waals surface area contributed by atoms with E-state index in [-0.39, 0.29) is 25.0 Å². The van der Waals surface area contributed by atoms with E-state index in [0.717, 1.165) is 22.9 Å². The van der Waals surface area contributed by atoms with Gasteiger partial charge in [0.25, 0.3) is 0 Å². The van der Waals surface area contributed by atoms with Crippen LogP contribution in [0.1, 0.15) is 25.3 Å². The lowest BCUT2D eigenvalue weighted by molar-refractivity contribution is -0.136. The van der Waals surface area contributed by atoms with Crippen LogP contribution < -0.4 is 5.32 Å². The van der Waals surface area contributed by atoms with Crippen LogP contribution in [0, 0.1) is 0 Å². The molecular formula is C15H21BrN2O3. The largest absolute Gasteiger partial charge is 0.481 e. The summed E-state index contributed by atoms with van der Waals surface area (Å²) < 4.78 is 1.03. The second kappa shape index (κ2) is 8.67. The number of carbonyl (C=O) groups excluding carboxylic acids is 1. The predicted molar refractivity (Wildman–Crippen MR) is 85.3 cm³/mol. The highest BCUT2D eigenvalue weighted by Gasteiger charge is 2.19. The third kappa shape index (κ3) is 5.75. The number of halogens is 1. The van der Waals surface area contributed by atoms with E-state index in [1.165, 1.54) is 0 Å². The first-order chi connectivity index (χ1) is 9.95. The minimum atomic E-state index is -0.918. The number of nitrogens with zero attached hydrogens (tertiary/aromatic N) is 1. The lowest BCUT2D eigenvalue weighted by Crippen LogP contribution is -2.44. The predicted octanol–water partition coefficient (Wildman–Crippen LogP) is 2.89. The molecule has 1 aromatic rings. The third-order valence-corrected chi connectivity index (χ3v) is 4.14. The van der Waals surface area contributed by atoms with Gasteiger partial charge in [-0.25, -0.2) is 4.79 Å². The highest BCUT2D eigenvalue weighted by molar-refractivity contribution is 9.10. The van der Waals surface area contributed by atoms with E-state index in [0.29, 0.717) is 0 Å². The van der Waals surface area contributed by atoms with Crippen molar-refractivity contribution in [2.24, 2.45) is 0 Å². The van der Waals surface area contributed by atoms with E-state index >= 15 is 0 Å². The van der Waals surface area contributed by atoms with Gasteiger partial charge < -0.3 is 15.3 Å². The number of rotatable bonds is 7. The van der Waals surface area contributed by atoms with Crippen molar-refractivity contribution in [3.05, 3.63) is 34.3 Å². The maximum atomic E-state index is 12.0. The Morgan fingerprint density at radius 2 is 2.05 bits per heavy atom. The van der Waals surface area contributed by atoms with Crippen LogP contribution in [0.4, 0.5) is 4.79 Å². The van der Waals surface area contributed by atoms with Crippen molar-refractivity contribution in [3.8, 4) is 0 Å². The van der Waals surface area contributed by atoms with Gasteiger partial charge >= 0.3 is 12.0 Å². The normalized spacial score (nSPS) is 11.8. The van der Waals surface area contributed by atoms with Crippen LogP contribution in [0.15, 0.2) is 28.7 Å². The first-order valence-corrected chi connectivity index (χ1v) is 7.70. The summed E-state index contributed by atoms with van der Waals surface area (Å²) in [6.45, 7) is 2.17. The van der Waals surface area contributed by atoms with Crippen molar-refractivity contribution >= 4 is 27.9 Å². The fourth-order valence-electron chi connectivity index (χ4n) is 2.04. The van der Waals surface area contributed by atoms with Gasteiger partial charge in [-0.05, 0) is 24.5 Å². The van der Waals surface area contributed by atoms with Gasteiger partial charge in [0.1, 0.15) is 0 Å². The summed E-state index contributed by atoms with van der Waals surface area (Å²) in [6.07, 6.45) is 1.51. The number of likely N-dealkylation sites (N-methyl/N-ethyl adjacent to an activating group) is 1. The van der Waals surface area contributed by atoms with Crippen LogP contribution in [0.2, 0.25) is 0 Å². The molecule has 2 N–H and O–H groups in total. The molecule has 0 fully saturated rings. The number of aliphatic carboxylic acids is 1. The Bertz CT molecular complexity index is 494. The molecule has 0 saturated carbocycles. The maximum Gasteiger partial charge on any atom is 0.317 e. The van der Waals surface area contributed by atoms with Gasteiger partial charge in [0.05, 0.1) is 6.42 Å². The number of benzene rings is 1. The molecule has 0 heterocycles. The molecule has 0 bridgehead atoms. The number of nitrogens with one attached hydrogen (secondary N) is 1. The van der Waals surface area contributed by atoms with E-state index in [9.17, 15) is 9.59 Å². The molecule has 1 rings (SSSR count). The summed E-state index contributed by atoms with van der Waals surface area (Å²) in [7, 11) is 1.74. The fraction of sp³-hybridized carbons (Fsp3) is 0.467. The zero-order chi connectivity index (χ0) is 15.8. The Morgan fingerprint density at radius 3 is 2.62 bits per heavy atom. The third-order valence-electron chi connectivity index (χ3n) is 3.37. The molecule has 0 aromatic heterocycles. The van der Waals surface area contributed by atoms with Gasteiger partial charge in [0.15, 0.2) is 0 Å². The van der Waals surface area contributed by atoms with E-state index in [2.05, 4.69) is 21.2 Å². The second-order valence-corrected chi connectivity index (χ2v) is 5.70. The molecule has 2 amide bonds. The highest BCUT2D eigenvalue weighted by Crippen LogP contribution is 2.20. The van der Waals surface area contributed by atoms with Crippen LogP contribution in [0.5, 0.6) is 0 Å². The summed E-state index contributed by atoms with van der Waals surface area (Å²) in [5.41, 5.74) is 1.15. The van der Waals surface area contributed by atoms with E-state index in [1.807, 2.05) is 31.2 Å². The van der Waals surface area contributed by atoms with Crippen LogP contribution >= 0.6 is 15.9 Å². The standard InChI is InChI=1S/C15H21BrN2O3/c1-3-12(10-11-6-4-5-7-13(11)16)18(2)15(21)17-9-8-14(19)20/h4-7,12H,3,8-10H2,1-2H3,(H,17,21)(H,19,20). The molecule has 21 heavy (non-hydrogen) atoms. The summed E-state index contributed by atoms with van der Waals surface area (Å²) in [5, 5.41) is 11.2. The average Bonchev–Trinajstić information content (AvgIpc) is 2.45. The molecule has 0 aliphatic carbocycles. The van der Waals surface area contributed by atoms with Crippen LogP contribution in [0.3, 0.4) is 0 Å². The Hall–Kier alpha value is -1.56. The minimum absolute atomic E-state index is 0.0635. The maximum absolute atomic E-state index is 12.0. The van der Waals surface area contributed by atoms with E-state index in [1.54, 1.807) is 11.9 Å². The number of carbonyl (C=O) groups is 2. The van der Waals surface area contributed by atoms with Crippen LogP contribution in [-0.4, -0.2) is 41.6 Å². The molecule has 0 aliphatic heterocycles. The highest BCUT2D eigenvalue weighted by atomic mass is 79.9. The smallest absolute Gasteiger partial charge is 0.317 e. The molecule has 0 aliphatic rings. The van der Waals surface area contributed by atoms with Gasteiger partial charge in [0.2, 0.25) is 0 Å². The molecule has 1 atom stereocenters. The zero-order valence-electron chi connectivity index (χ0n) is 12.3. The zero-order valence-corrected chi connectivity index (χ0v) is 13.9. The minimum Gasteiger partial charge on any atom is -0.481 e. The van der Waals surface area contributed by atoms with E-state index < -0.39 is 5.97 Å². The molecule has 0 saturated heterocycles. The Kier molecular flexibility index (Phi) is 7.22.